The Labute approximate surface area is 115 Å². The summed E-state index contributed by atoms with van der Waals surface area (Å²) in [6.45, 7) is 12.8. The zero-order chi connectivity index (χ0) is 12.3. The van der Waals surface area contributed by atoms with Crippen molar-refractivity contribution < 1.29 is 0 Å². The minimum Gasteiger partial charge on any atom is -0.344 e. The van der Waals surface area contributed by atoms with Crippen molar-refractivity contribution in [3.8, 4) is 0 Å². The van der Waals surface area contributed by atoms with Crippen molar-refractivity contribution in [3.05, 3.63) is 0 Å². The number of piperazine rings is 1. The lowest BCUT2D eigenvalue weighted by Gasteiger charge is -2.37. The number of hydrogen-bond acceptors (Lipinski definition) is 4. The number of rotatable bonds is 4. The molecule has 0 bridgehead atoms. The van der Waals surface area contributed by atoms with E-state index in [1.807, 2.05) is 11.8 Å². The van der Waals surface area contributed by atoms with Crippen LogP contribution in [0.15, 0.2) is 0 Å². The van der Waals surface area contributed by atoms with Crippen LogP contribution >= 0.6 is 24.0 Å². The number of nitrogens with zero attached hydrogens (tertiary/aromatic N) is 3. The lowest BCUT2D eigenvalue weighted by molar-refractivity contribution is 0.0958. The number of hydrogen-bond donors (Lipinski definition) is 0. The van der Waals surface area contributed by atoms with Crippen LogP contribution in [0.3, 0.4) is 0 Å². The predicted octanol–water partition coefficient (Wildman–Crippen LogP) is 1.55. The van der Waals surface area contributed by atoms with Gasteiger partial charge in [0, 0.05) is 45.0 Å². The second-order valence-electron chi connectivity index (χ2n) is 5.33. The maximum atomic E-state index is 5.34. The molecule has 3 nitrogen and oxygen atoms in total. The summed E-state index contributed by atoms with van der Waals surface area (Å²) in [5, 5.41) is 0. The molecule has 2 rings (SSSR count). The average molecular weight is 273 g/mol. The molecule has 0 radical (unpaired) electrons. The smallest absolute Gasteiger partial charge is 0.137 e. The molecule has 0 amide bonds. The van der Waals surface area contributed by atoms with Crippen molar-refractivity contribution in [2.24, 2.45) is 5.92 Å². The summed E-state index contributed by atoms with van der Waals surface area (Å²) in [5.74, 6) is 1.95. The molecule has 0 atom stereocenters. The molecule has 0 unspecified atom stereocenters. The van der Waals surface area contributed by atoms with Crippen molar-refractivity contribution in [1.82, 2.24) is 14.7 Å². The van der Waals surface area contributed by atoms with Crippen molar-refractivity contribution in [1.29, 1.82) is 0 Å². The quantitative estimate of drug-likeness (QED) is 0.717. The van der Waals surface area contributed by atoms with Gasteiger partial charge in [0.1, 0.15) is 4.32 Å². The van der Waals surface area contributed by atoms with Crippen LogP contribution in [0.2, 0.25) is 0 Å². The molecule has 0 aromatic rings. The summed E-state index contributed by atoms with van der Waals surface area (Å²) in [7, 11) is 0. The average Bonchev–Trinajstić information content (AvgIpc) is 2.67. The lowest BCUT2D eigenvalue weighted by atomic mass is 10.2. The van der Waals surface area contributed by atoms with E-state index in [1.54, 1.807) is 0 Å². The third kappa shape index (κ3) is 4.09. The Bertz CT molecular complexity index is 262. The highest BCUT2D eigenvalue weighted by atomic mass is 32.2. The van der Waals surface area contributed by atoms with Crippen LogP contribution in [-0.4, -0.2) is 70.7 Å². The Balaban J connectivity index is 1.70. The van der Waals surface area contributed by atoms with Crippen LogP contribution < -0.4 is 0 Å². The van der Waals surface area contributed by atoms with E-state index in [0.717, 1.165) is 23.5 Å². The standard InChI is InChI=1S/C12H23N3S2/c1-11(2)9-13-3-5-14(6-4-13)10-15-7-8-17-12(15)16/h11H,3-10H2,1-2H3. The van der Waals surface area contributed by atoms with Crippen molar-refractivity contribution in [2.75, 3.05) is 51.7 Å². The lowest BCUT2D eigenvalue weighted by Crippen LogP contribution is -2.50. The van der Waals surface area contributed by atoms with Crippen LogP contribution in [-0.2, 0) is 0 Å². The second kappa shape index (κ2) is 6.36. The second-order valence-corrected chi connectivity index (χ2v) is 7.06. The molecule has 0 saturated carbocycles. The summed E-state index contributed by atoms with van der Waals surface area (Å²) in [5.41, 5.74) is 0. The van der Waals surface area contributed by atoms with E-state index >= 15 is 0 Å². The van der Waals surface area contributed by atoms with E-state index in [2.05, 4.69) is 28.5 Å². The van der Waals surface area contributed by atoms with Crippen LogP contribution in [0, 0.1) is 5.92 Å². The Hall–Kier alpha value is 0.160. The summed E-state index contributed by atoms with van der Waals surface area (Å²) in [4.78, 5) is 7.46. The summed E-state index contributed by atoms with van der Waals surface area (Å²) in [6.07, 6.45) is 0. The highest BCUT2D eigenvalue weighted by molar-refractivity contribution is 8.23. The Morgan fingerprint density at radius 2 is 1.76 bits per heavy atom. The van der Waals surface area contributed by atoms with Crippen LogP contribution in [0.5, 0.6) is 0 Å². The zero-order valence-electron chi connectivity index (χ0n) is 10.9. The van der Waals surface area contributed by atoms with E-state index in [-0.39, 0.29) is 0 Å². The SMILES string of the molecule is CC(C)CN1CCN(CN2CCSC2=S)CC1. The van der Waals surface area contributed by atoms with Gasteiger partial charge in [-0.05, 0) is 5.92 Å². The van der Waals surface area contributed by atoms with E-state index in [4.69, 9.17) is 12.2 Å². The fourth-order valence-corrected chi connectivity index (χ4v) is 3.64. The zero-order valence-corrected chi connectivity index (χ0v) is 12.5. The summed E-state index contributed by atoms with van der Waals surface area (Å²) < 4.78 is 1.09. The highest BCUT2D eigenvalue weighted by Gasteiger charge is 2.23. The molecule has 2 aliphatic rings. The topological polar surface area (TPSA) is 9.72 Å². The summed E-state index contributed by atoms with van der Waals surface area (Å²) >= 11 is 7.16. The number of thioether (sulfide) groups is 1. The van der Waals surface area contributed by atoms with E-state index in [9.17, 15) is 0 Å². The van der Waals surface area contributed by atoms with Gasteiger partial charge in [-0.2, -0.15) is 0 Å². The monoisotopic (exact) mass is 273 g/mol. The molecule has 17 heavy (non-hydrogen) atoms. The summed E-state index contributed by atoms with van der Waals surface area (Å²) in [6, 6.07) is 0. The van der Waals surface area contributed by atoms with Gasteiger partial charge in [0.2, 0.25) is 0 Å². The first-order valence-electron chi connectivity index (χ1n) is 6.51. The molecule has 0 N–H and O–H groups in total. The maximum absolute atomic E-state index is 5.34. The third-order valence-electron chi connectivity index (χ3n) is 3.30. The fraction of sp³-hybridized carbons (Fsp3) is 0.917. The van der Waals surface area contributed by atoms with Gasteiger partial charge < -0.3 is 9.80 Å². The van der Waals surface area contributed by atoms with Gasteiger partial charge in [0.15, 0.2) is 0 Å². The molecule has 0 aromatic heterocycles. The fourth-order valence-electron chi connectivity index (χ4n) is 2.43. The van der Waals surface area contributed by atoms with Gasteiger partial charge in [0.05, 0.1) is 6.67 Å². The highest BCUT2D eigenvalue weighted by Crippen LogP contribution is 2.18. The molecular formula is C12H23N3S2. The van der Waals surface area contributed by atoms with E-state index in [1.165, 1.54) is 38.5 Å². The van der Waals surface area contributed by atoms with E-state index in [0.29, 0.717) is 0 Å². The van der Waals surface area contributed by atoms with E-state index < -0.39 is 0 Å². The van der Waals surface area contributed by atoms with Crippen LogP contribution in [0.25, 0.3) is 0 Å². The Kier molecular flexibility index (Phi) is 5.09. The third-order valence-corrected chi connectivity index (χ3v) is 4.81. The molecule has 2 heterocycles. The first kappa shape index (κ1) is 13.6. The van der Waals surface area contributed by atoms with Gasteiger partial charge in [-0.1, -0.05) is 37.8 Å². The Morgan fingerprint density at radius 3 is 2.29 bits per heavy atom. The van der Waals surface area contributed by atoms with Crippen LogP contribution in [0.4, 0.5) is 0 Å². The molecule has 2 saturated heterocycles. The largest absolute Gasteiger partial charge is 0.344 e. The molecule has 2 aliphatic heterocycles. The van der Waals surface area contributed by atoms with Gasteiger partial charge >= 0.3 is 0 Å². The Morgan fingerprint density at radius 1 is 1.12 bits per heavy atom. The predicted molar refractivity (Wildman–Crippen MR) is 79.5 cm³/mol. The van der Waals surface area contributed by atoms with Gasteiger partial charge in [0.25, 0.3) is 0 Å². The molecule has 98 valence electrons. The van der Waals surface area contributed by atoms with Gasteiger partial charge in [-0.15, -0.1) is 0 Å². The molecule has 0 aromatic carbocycles. The maximum Gasteiger partial charge on any atom is 0.137 e. The van der Waals surface area contributed by atoms with Crippen molar-refractivity contribution >= 4 is 28.3 Å². The first-order chi connectivity index (χ1) is 8.15. The minimum atomic E-state index is 0.782. The molecule has 0 spiro atoms. The van der Waals surface area contributed by atoms with Crippen molar-refractivity contribution in [3.63, 3.8) is 0 Å². The molecule has 0 aliphatic carbocycles. The molecule has 5 heteroatoms. The normalized spacial score (nSPS) is 23.9. The first-order valence-corrected chi connectivity index (χ1v) is 7.91. The minimum absolute atomic E-state index is 0.782. The van der Waals surface area contributed by atoms with Crippen LogP contribution in [0.1, 0.15) is 13.8 Å². The number of thiocarbonyl (C=S) groups is 1. The van der Waals surface area contributed by atoms with Gasteiger partial charge in [-0.3, -0.25) is 4.90 Å². The van der Waals surface area contributed by atoms with Gasteiger partial charge in [-0.25, -0.2) is 0 Å². The molecular weight excluding hydrogens is 250 g/mol. The molecule has 2 fully saturated rings. The van der Waals surface area contributed by atoms with Crippen molar-refractivity contribution in [2.45, 2.75) is 13.8 Å².